The second-order valence-electron chi connectivity index (χ2n) is 5.88. The Labute approximate surface area is 120 Å². The van der Waals surface area contributed by atoms with Crippen molar-refractivity contribution in [1.82, 2.24) is 15.3 Å². The minimum atomic E-state index is -0.125. The van der Waals surface area contributed by atoms with Crippen LogP contribution in [0.15, 0.2) is 24.3 Å². The molecule has 2 rings (SSSR count). The summed E-state index contributed by atoms with van der Waals surface area (Å²) in [5.41, 5.74) is 1.85. The van der Waals surface area contributed by atoms with Gasteiger partial charge in [0, 0.05) is 18.4 Å². The molecule has 0 spiro atoms. The third kappa shape index (κ3) is 3.83. The van der Waals surface area contributed by atoms with Crippen molar-refractivity contribution >= 4 is 16.9 Å². The van der Waals surface area contributed by atoms with Crippen molar-refractivity contribution in [3.8, 4) is 0 Å². The van der Waals surface area contributed by atoms with E-state index in [0.29, 0.717) is 12.8 Å². The highest BCUT2D eigenvalue weighted by Gasteiger charge is 2.19. The van der Waals surface area contributed by atoms with Crippen LogP contribution in [0.25, 0.3) is 11.0 Å². The number of H-pyrrole nitrogens is 1. The molecule has 108 valence electrons. The standard InChI is InChI=1S/C16H23N3O/c1-4-11-16(2,3)19-15(20)10-9-14-17-12-7-5-6-8-13(12)18-14/h5-8H,4,9-11H2,1-3H3,(H,17,18)(H,19,20). The zero-order chi connectivity index (χ0) is 14.6. The first-order valence-corrected chi connectivity index (χ1v) is 7.25. The van der Waals surface area contributed by atoms with Gasteiger partial charge >= 0.3 is 0 Å². The molecule has 0 saturated heterocycles. The zero-order valence-corrected chi connectivity index (χ0v) is 12.5. The van der Waals surface area contributed by atoms with Gasteiger partial charge in [-0.25, -0.2) is 4.98 Å². The number of rotatable bonds is 6. The fourth-order valence-corrected chi connectivity index (χ4v) is 2.48. The Bertz CT molecular complexity index is 553. The number of nitrogens with one attached hydrogen (secondary N) is 2. The van der Waals surface area contributed by atoms with Gasteiger partial charge in [0.05, 0.1) is 11.0 Å². The maximum Gasteiger partial charge on any atom is 0.220 e. The Morgan fingerprint density at radius 3 is 2.80 bits per heavy atom. The fourth-order valence-electron chi connectivity index (χ4n) is 2.48. The highest BCUT2D eigenvalue weighted by Crippen LogP contribution is 2.13. The van der Waals surface area contributed by atoms with Crippen molar-refractivity contribution in [1.29, 1.82) is 0 Å². The topological polar surface area (TPSA) is 57.8 Å². The number of aromatic amines is 1. The molecule has 0 unspecified atom stereocenters. The lowest BCUT2D eigenvalue weighted by atomic mass is 9.98. The van der Waals surface area contributed by atoms with Gasteiger partial charge in [-0.15, -0.1) is 0 Å². The average molecular weight is 273 g/mol. The molecule has 1 amide bonds. The van der Waals surface area contributed by atoms with Crippen LogP contribution in [0.2, 0.25) is 0 Å². The number of imidazole rings is 1. The van der Waals surface area contributed by atoms with Crippen LogP contribution < -0.4 is 5.32 Å². The van der Waals surface area contributed by atoms with Gasteiger partial charge in [0.15, 0.2) is 0 Å². The molecule has 1 heterocycles. The van der Waals surface area contributed by atoms with Crippen LogP contribution >= 0.6 is 0 Å². The van der Waals surface area contributed by atoms with Crippen LogP contribution in [-0.2, 0) is 11.2 Å². The highest BCUT2D eigenvalue weighted by molar-refractivity contribution is 5.77. The summed E-state index contributed by atoms with van der Waals surface area (Å²) in [6, 6.07) is 7.91. The first-order valence-electron chi connectivity index (χ1n) is 7.25. The summed E-state index contributed by atoms with van der Waals surface area (Å²) < 4.78 is 0. The number of hydrogen-bond acceptors (Lipinski definition) is 2. The molecule has 0 aliphatic heterocycles. The van der Waals surface area contributed by atoms with Gasteiger partial charge in [0.1, 0.15) is 5.82 Å². The monoisotopic (exact) mass is 273 g/mol. The third-order valence-electron chi connectivity index (χ3n) is 3.38. The summed E-state index contributed by atoms with van der Waals surface area (Å²) in [6.07, 6.45) is 3.16. The Balaban J connectivity index is 1.90. The fraction of sp³-hybridized carbons (Fsp3) is 0.500. The Morgan fingerprint density at radius 1 is 1.35 bits per heavy atom. The zero-order valence-electron chi connectivity index (χ0n) is 12.5. The van der Waals surface area contributed by atoms with E-state index in [-0.39, 0.29) is 11.4 Å². The molecule has 1 aromatic carbocycles. The van der Waals surface area contributed by atoms with Gasteiger partial charge in [-0.3, -0.25) is 4.79 Å². The van der Waals surface area contributed by atoms with E-state index >= 15 is 0 Å². The first-order chi connectivity index (χ1) is 9.50. The highest BCUT2D eigenvalue weighted by atomic mass is 16.1. The molecular formula is C16H23N3O. The molecule has 0 fully saturated rings. The number of aromatic nitrogens is 2. The quantitative estimate of drug-likeness (QED) is 0.849. The second kappa shape index (κ2) is 6.07. The van der Waals surface area contributed by atoms with E-state index < -0.39 is 0 Å². The lowest BCUT2D eigenvalue weighted by Gasteiger charge is -2.25. The number of aryl methyl sites for hydroxylation is 1. The normalized spacial score (nSPS) is 11.8. The molecule has 0 saturated carbocycles. The van der Waals surface area contributed by atoms with Crippen LogP contribution in [0.1, 0.15) is 45.9 Å². The lowest BCUT2D eigenvalue weighted by Crippen LogP contribution is -2.43. The van der Waals surface area contributed by atoms with E-state index in [1.54, 1.807) is 0 Å². The number of amides is 1. The number of fused-ring (bicyclic) bond motifs is 1. The maximum atomic E-state index is 12.0. The van der Waals surface area contributed by atoms with Crippen LogP contribution in [0.5, 0.6) is 0 Å². The first kappa shape index (κ1) is 14.6. The summed E-state index contributed by atoms with van der Waals surface area (Å²) in [6.45, 7) is 6.26. The molecular weight excluding hydrogens is 250 g/mol. The van der Waals surface area contributed by atoms with Gasteiger partial charge in [-0.05, 0) is 32.4 Å². The van der Waals surface area contributed by atoms with Gasteiger partial charge in [0.25, 0.3) is 0 Å². The minimum absolute atomic E-state index is 0.0870. The van der Waals surface area contributed by atoms with E-state index in [4.69, 9.17) is 0 Å². The number of carbonyl (C=O) groups is 1. The molecule has 1 aromatic heterocycles. The number of hydrogen-bond donors (Lipinski definition) is 2. The maximum absolute atomic E-state index is 12.0. The third-order valence-corrected chi connectivity index (χ3v) is 3.38. The van der Waals surface area contributed by atoms with Crippen LogP contribution in [-0.4, -0.2) is 21.4 Å². The van der Waals surface area contributed by atoms with Gasteiger partial charge < -0.3 is 10.3 Å². The lowest BCUT2D eigenvalue weighted by molar-refractivity contribution is -0.122. The van der Waals surface area contributed by atoms with Gasteiger partial charge in [-0.2, -0.15) is 0 Å². The molecule has 0 atom stereocenters. The van der Waals surface area contributed by atoms with Crippen molar-refractivity contribution in [2.45, 2.75) is 52.0 Å². The van der Waals surface area contributed by atoms with Crippen molar-refractivity contribution in [3.63, 3.8) is 0 Å². The van der Waals surface area contributed by atoms with Crippen LogP contribution in [0.4, 0.5) is 0 Å². The molecule has 0 radical (unpaired) electrons. The van der Waals surface area contributed by atoms with Gasteiger partial charge in [0.2, 0.25) is 5.91 Å². The molecule has 20 heavy (non-hydrogen) atoms. The molecule has 2 aromatic rings. The second-order valence-corrected chi connectivity index (χ2v) is 5.88. The Hall–Kier alpha value is -1.84. The molecule has 2 N–H and O–H groups in total. The average Bonchev–Trinajstić information content (AvgIpc) is 2.78. The van der Waals surface area contributed by atoms with Crippen LogP contribution in [0, 0.1) is 0 Å². The van der Waals surface area contributed by atoms with E-state index in [2.05, 4.69) is 36.1 Å². The molecule has 4 nitrogen and oxygen atoms in total. The molecule has 0 aliphatic carbocycles. The number of carbonyl (C=O) groups excluding carboxylic acids is 1. The SMILES string of the molecule is CCCC(C)(C)NC(=O)CCc1nc2ccccc2[nH]1. The van der Waals surface area contributed by atoms with Crippen molar-refractivity contribution in [2.75, 3.05) is 0 Å². The summed E-state index contributed by atoms with van der Waals surface area (Å²) in [4.78, 5) is 19.7. The molecule has 4 heteroatoms. The smallest absolute Gasteiger partial charge is 0.220 e. The van der Waals surface area contributed by atoms with Gasteiger partial charge in [-0.1, -0.05) is 25.5 Å². The van der Waals surface area contributed by atoms with Crippen molar-refractivity contribution < 1.29 is 4.79 Å². The minimum Gasteiger partial charge on any atom is -0.351 e. The van der Waals surface area contributed by atoms with Crippen LogP contribution in [0.3, 0.4) is 0 Å². The van der Waals surface area contributed by atoms with E-state index in [1.165, 1.54) is 0 Å². The summed E-state index contributed by atoms with van der Waals surface area (Å²) in [7, 11) is 0. The summed E-state index contributed by atoms with van der Waals surface area (Å²) >= 11 is 0. The summed E-state index contributed by atoms with van der Waals surface area (Å²) in [5, 5.41) is 3.08. The number of nitrogens with zero attached hydrogens (tertiary/aromatic N) is 1. The predicted octanol–water partition coefficient (Wildman–Crippen LogP) is 3.19. The predicted molar refractivity (Wildman–Crippen MR) is 81.5 cm³/mol. The largest absolute Gasteiger partial charge is 0.351 e. The molecule has 0 aliphatic rings. The summed E-state index contributed by atoms with van der Waals surface area (Å²) in [5.74, 6) is 0.957. The van der Waals surface area contributed by atoms with E-state index in [9.17, 15) is 4.79 Å². The molecule has 0 bridgehead atoms. The van der Waals surface area contributed by atoms with Crippen molar-refractivity contribution in [2.24, 2.45) is 0 Å². The van der Waals surface area contributed by atoms with E-state index in [1.807, 2.05) is 24.3 Å². The van der Waals surface area contributed by atoms with Crippen molar-refractivity contribution in [3.05, 3.63) is 30.1 Å². The Morgan fingerprint density at radius 2 is 2.10 bits per heavy atom. The number of para-hydroxylation sites is 2. The Kier molecular flexibility index (Phi) is 4.42. The number of benzene rings is 1. The van der Waals surface area contributed by atoms with E-state index in [0.717, 1.165) is 29.7 Å².